The van der Waals surface area contributed by atoms with Gasteiger partial charge in [-0.25, -0.2) is 4.98 Å². The number of anilines is 2. The Labute approximate surface area is 159 Å². The van der Waals surface area contributed by atoms with Gasteiger partial charge in [-0.05, 0) is 40.6 Å². The van der Waals surface area contributed by atoms with E-state index in [1.54, 1.807) is 29.9 Å². The number of hydrogen-bond donors (Lipinski definition) is 2. The van der Waals surface area contributed by atoms with Crippen molar-refractivity contribution in [2.45, 2.75) is 0 Å². The molecule has 1 amide bonds. The number of aromatic nitrogens is 2. The first-order chi connectivity index (χ1) is 13.3. The molecule has 3 aromatic heterocycles. The highest BCUT2D eigenvalue weighted by Crippen LogP contribution is 2.34. The van der Waals surface area contributed by atoms with Crippen LogP contribution in [0.15, 0.2) is 71.8 Å². The Morgan fingerprint density at radius 1 is 1.07 bits per heavy atom. The van der Waals surface area contributed by atoms with Crippen LogP contribution in [0.4, 0.5) is 11.5 Å². The molecule has 0 radical (unpaired) electrons. The van der Waals surface area contributed by atoms with Crippen LogP contribution in [-0.4, -0.2) is 15.9 Å². The van der Waals surface area contributed by atoms with Gasteiger partial charge in [-0.3, -0.25) is 9.78 Å². The quantitative estimate of drug-likeness (QED) is 0.510. The molecular weight excluding hydrogens is 356 g/mol. The maximum Gasteiger partial charge on any atom is 0.259 e. The molecule has 0 saturated carbocycles. The van der Waals surface area contributed by atoms with Crippen molar-refractivity contribution in [1.82, 2.24) is 9.97 Å². The van der Waals surface area contributed by atoms with Crippen molar-refractivity contribution in [1.29, 1.82) is 0 Å². The van der Waals surface area contributed by atoms with Crippen molar-refractivity contribution in [2.75, 3.05) is 10.6 Å². The predicted molar refractivity (Wildman–Crippen MR) is 110 cm³/mol. The molecule has 4 aromatic rings. The number of thiophene rings is 1. The summed E-state index contributed by atoms with van der Waals surface area (Å²) in [6.45, 7) is 0. The van der Waals surface area contributed by atoms with Gasteiger partial charge in [-0.1, -0.05) is 18.2 Å². The third kappa shape index (κ3) is 2.76. The Hall–Kier alpha value is -3.51. The van der Waals surface area contributed by atoms with Crippen molar-refractivity contribution in [3.8, 4) is 11.1 Å². The molecule has 0 bridgehead atoms. The fraction of sp³-hybridized carbons (Fsp3) is 0. The number of carbonyl (C=O) groups excluding carboxylic acids is 1. The second-order valence-corrected chi connectivity index (χ2v) is 6.95. The zero-order valence-electron chi connectivity index (χ0n) is 14.1. The standard InChI is InChI=1S/C21H14N4OS/c26-21-17(11-23-18-5-1-3-13-4-2-7-22-19(13)18)16-9-15(10-24-20(16)25-21)14-6-8-27-12-14/h1-12,23H,(H,24,25,26). The molecule has 0 aliphatic carbocycles. The van der Waals surface area contributed by atoms with Crippen molar-refractivity contribution in [3.05, 3.63) is 77.4 Å². The molecule has 1 aliphatic rings. The van der Waals surface area contributed by atoms with Crippen LogP contribution in [0.2, 0.25) is 0 Å². The molecule has 0 fully saturated rings. The maximum atomic E-state index is 12.4. The van der Waals surface area contributed by atoms with Crippen LogP contribution in [0, 0.1) is 0 Å². The van der Waals surface area contributed by atoms with Crippen molar-refractivity contribution in [2.24, 2.45) is 0 Å². The number of rotatable bonds is 3. The summed E-state index contributed by atoms with van der Waals surface area (Å²) in [6, 6.07) is 13.9. The van der Waals surface area contributed by atoms with Gasteiger partial charge < -0.3 is 10.6 Å². The molecule has 4 heterocycles. The van der Waals surface area contributed by atoms with E-state index in [1.807, 2.05) is 47.8 Å². The maximum absolute atomic E-state index is 12.4. The lowest BCUT2D eigenvalue weighted by molar-refractivity contribution is -0.110. The number of amides is 1. The minimum Gasteiger partial charge on any atom is -0.359 e. The zero-order chi connectivity index (χ0) is 18.2. The van der Waals surface area contributed by atoms with Gasteiger partial charge in [-0.15, -0.1) is 0 Å². The Bertz CT molecular complexity index is 1190. The van der Waals surface area contributed by atoms with Gasteiger partial charge in [0.2, 0.25) is 0 Å². The van der Waals surface area contributed by atoms with E-state index in [2.05, 4.69) is 26.0 Å². The molecule has 1 aromatic carbocycles. The monoisotopic (exact) mass is 370 g/mol. The number of para-hydroxylation sites is 1. The number of nitrogens with zero attached hydrogens (tertiary/aromatic N) is 2. The summed E-state index contributed by atoms with van der Waals surface area (Å²) >= 11 is 1.63. The highest BCUT2D eigenvalue weighted by molar-refractivity contribution is 7.08. The van der Waals surface area contributed by atoms with E-state index in [0.717, 1.165) is 33.3 Å². The topological polar surface area (TPSA) is 66.9 Å². The SMILES string of the molecule is O=C1Nc2ncc(-c3ccsc3)cc2C1=CNc1cccc2cccnc12. The second kappa shape index (κ2) is 6.34. The van der Waals surface area contributed by atoms with E-state index >= 15 is 0 Å². The summed E-state index contributed by atoms with van der Waals surface area (Å²) < 4.78 is 0. The normalized spacial score (nSPS) is 14.4. The van der Waals surface area contributed by atoms with E-state index in [-0.39, 0.29) is 5.91 Å². The molecule has 27 heavy (non-hydrogen) atoms. The first kappa shape index (κ1) is 15.7. The summed E-state index contributed by atoms with van der Waals surface area (Å²) in [6.07, 6.45) is 5.27. The van der Waals surface area contributed by atoms with Crippen LogP contribution >= 0.6 is 11.3 Å². The summed E-state index contributed by atoms with van der Waals surface area (Å²) in [5.74, 6) is 0.420. The Morgan fingerprint density at radius 3 is 2.89 bits per heavy atom. The van der Waals surface area contributed by atoms with Crippen LogP contribution in [0.1, 0.15) is 5.56 Å². The third-order valence-corrected chi connectivity index (χ3v) is 5.20. The highest BCUT2D eigenvalue weighted by Gasteiger charge is 2.26. The summed E-state index contributed by atoms with van der Waals surface area (Å²) in [7, 11) is 0. The van der Waals surface area contributed by atoms with Crippen LogP contribution in [0.5, 0.6) is 0 Å². The summed E-state index contributed by atoms with van der Waals surface area (Å²) in [5.41, 5.74) is 5.15. The van der Waals surface area contributed by atoms with Crippen LogP contribution in [0.3, 0.4) is 0 Å². The van der Waals surface area contributed by atoms with Gasteiger partial charge in [-0.2, -0.15) is 11.3 Å². The van der Waals surface area contributed by atoms with Gasteiger partial charge in [0.1, 0.15) is 5.82 Å². The second-order valence-electron chi connectivity index (χ2n) is 6.17. The Balaban J connectivity index is 1.54. The first-order valence-corrected chi connectivity index (χ1v) is 9.39. The highest BCUT2D eigenvalue weighted by atomic mass is 32.1. The van der Waals surface area contributed by atoms with E-state index in [4.69, 9.17) is 0 Å². The average molecular weight is 370 g/mol. The fourth-order valence-electron chi connectivity index (χ4n) is 3.17. The Kier molecular flexibility index (Phi) is 3.69. The largest absolute Gasteiger partial charge is 0.359 e. The predicted octanol–water partition coefficient (Wildman–Crippen LogP) is 4.76. The van der Waals surface area contributed by atoms with Gasteiger partial charge in [0, 0.05) is 35.1 Å². The Morgan fingerprint density at radius 2 is 2.00 bits per heavy atom. The molecule has 0 atom stereocenters. The van der Waals surface area contributed by atoms with Crippen LogP contribution in [-0.2, 0) is 4.79 Å². The molecule has 0 saturated heterocycles. The smallest absolute Gasteiger partial charge is 0.259 e. The average Bonchev–Trinajstić information content (AvgIpc) is 3.33. The van der Waals surface area contributed by atoms with E-state index in [1.165, 1.54) is 0 Å². The fourth-order valence-corrected chi connectivity index (χ4v) is 3.83. The molecule has 0 spiro atoms. The number of carbonyl (C=O) groups is 1. The molecule has 2 N–H and O–H groups in total. The third-order valence-electron chi connectivity index (χ3n) is 4.51. The molecule has 1 aliphatic heterocycles. The summed E-state index contributed by atoms with van der Waals surface area (Å²) in [4.78, 5) is 21.3. The van der Waals surface area contributed by atoms with E-state index in [0.29, 0.717) is 11.4 Å². The summed E-state index contributed by atoms with van der Waals surface area (Å²) in [5, 5.41) is 11.2. The van der Waals surface area contributed by atoms with Crippen molar-refractivity contribution in [3.63, 3.8) is 0 Å². The molecule has 0 unspecified atom stereocenters. The lowest BCUT2D eigenvalue weighted by Gasteiger charge is -2.06. The van der Waals surface area contributed by atoms with E-state index in [9.17, 15) is 4.79 Å². The van der Waals surface area contributed by atoms with Crippen LogP contribution in [0.25, 0.3) is 27.6 Å². The van der Waals surface area contributed by atoms with Crippen molar-refractivity contribution < 1.29 is 4.79 Å². The minimum atomic E-state index is -0.166. The number of fused-ring (bicyclic) bond motifs is 2. The number of pyridine rings is 2. The van der Waals surface area contributed by atoms with Gasteiger partial charge >= 0.3 is 0 Å². The molecule has 130 valence electrons. The van der Waals surface area contributed by atoms with Gasteiger partial charge in [0.25, 0.3) is 5.91 Å². The van der Waals surface area contributed by atoms with E-state index < -0.39 is 0 Å². The van der Waals surface area contributed by atoms with Crippen LogP contribution < -0.4 is 10.6 Å². The molecular formula is C21H14N4OS. The molecule has 6 heteroatoms. The lowest BCUT2D eigenvalue weighted by Crippen LogP contribution is -2.05. The van der Waals surface area contributed by atoms with Gasteiger partial charge in [0.15, 0.2) is 0 Å². The molecule has 5 rings (SSSR count). The van der Waals surface area contributed by atoms with Crippen molar-refractivity contribution >= 4 is 45.2 Å². The van der Waals surface area contributed by atoms with Gasteiger partial charge in [0.05, 0.1) is 16.8 Å². The first-order valence-electron chi connectivity index (χ1n) is 8.44. The zero-order valence-corrected chi connectivity index (χ0v) is 15.0. The number of nitrogens with one attached hydrogen (secondary N) is 2. The lowest BCUT2D eigenvalue weighted by atomic mass is 10.1. The molecule has 5 nitrogen and oxygen atoms in total. The number of benzene rings is 1. The number of hydrogen-bond acceptors (Lipinski definition) is 5. The minimum absolute atomic E-state index is 0.166.